The number of thiazole rings is 1. The molecule has 0 N–H and O–H groups in total. The van der Waals surface area contributed by atoms with Crippen molar-refractivity contribution < 1.29 is 9.53 Å². The smallest absolute Gasteiger partial charge is 0.307 e. The van der Waals surface area contributed by atoms with E-state index in [1.807, 2.05) is 18.4 Å². The first-order valence-corrected chi connectivity index (χ1v) is 5.52. The third-order valence-electron chi connectivity index (χ3n) is 2.14. The highest BCUT2D eigenvalue weighted by atomic mass is 32.1. The predicted octanol–water partition coefficient (Wildman–Crippen LogP) is 2.46. The average molecular weight is 231 g/mol. The summed E-state index contributed by atoms with van der Waals surface area (Å²) in [6, 6.07) is 0. The number of methoxy groups -OCH3 is 1. The van der Waals surface area contributed by atoms with E-state index in [0.29, 0.717) is 13.0 Å². The lowest BCUT2D eigenvalue weighted by Crippen LogP contribution is -2.08. The molecule has 1 heterocycles. The van der Waals surface area contributed by atoms with Crippen LogP contribution in [0.1, 0.15) is 17.0 Å². The van der Waals surface area contributed by atoms with Crippen LogP contribution in [0.5, 0.6) is 0 Å². The zero-order chi connectivity index (χ0) is 10.7. The van der Waals surface area contributed by atoms with Crippen molar-refractivity contribution in [3.05, 3.63) is 14.5 Å². The molecule has 78 valence electrons. The molecule has 0 aliphatic heterocycles. The minimum absolute atomic E-state index is 0.199. The van der Waals surface area contributed by atoms with E-state index in [0.717, 1.165) is 9.65 Å². The van der Waals surface area contributed by atoms with Gasteiger partial charge in [0, 0.05) is 17.1 Å². The van der Waals surface area contributed by atoms with Crippen LogP contribution in [0.2, 0.25) is 0 Å². The second-order valence-electron chi connectivity index (χ2n) is 2.99. The Morgan fingerprint density at radius 1 is 1.57 bits per heavy atom. The Kier molecular flexibility index (Phi) is 3.83. The summed E-state index contributed by atoms with van der Waals surface area (Å²) in [4.78, 5) is 12.2. The molecule has 1 rings (SSSR count). The molecule has 0 saturated heterocycles. The van der Waals surface area contributed by atoms with Gasteiger partial charge < -0.3 is 9.30 Å². The van der Waals surface area contributed by atoms with Crippen molar-refractivity contribution in [1.29, 1.82) is 0 Å². The zero-order valence-corrected chi connectivity index (χ0v) is 10.1. The summed E-state index contributed by atoms with van der Waals surface area (Å²) in [5.41, 5.74) is 1.14. The SMILES string of the molecule is COC(=O)CCn1c(C)c(C)sc1=S. The van der Waals surface area contributed by atoms with E-state index in [1.165, 1.54) is 12.0 Å². The van der Waals surface area contributed by atoms with Crippen LogP contribution in [0.4, 0.5) is 0 Å². The van der Waals surface area contributed by atoms with Crippen molar-refractivity contribution in [2.75, 3.05) is 7.11 Å². The highest BCUT2D eigenvalue weighted by Gasteiger charge is 2.07. The predicted molar refractivity (Wildman–Crippen MR) is 59.3 cm³/mol. The van der Waals surface area contributed by atoms with Crippen LogP contribution in [0, 0.1) is 17.8 Å². The summed E-state index contributed by atoms with van der Waals surface area (Å²) in [6.07, 6.45) is 0.377. The monoisotopic (exact) mass is 231 g/mol. The lowest BCUT2D eigenvalue weighted by Gasteiger charge is -2.04. The molecule has 0 aliphatic carbocycles. The molecule has 0 aromatic carbocycles. The van der Waals surface area contributed by atoms with Crippen LogP contribution < -0.4 is 0 Å². The Morgan fingerprint density at radius 2 is 2.21 bits per heavy atom. The molecule has 0 radical (unpaired) electrons. The molecule has 14 heavy (non-hydrogen) atoms. The summed E-state index contributed by atoms with van der Waals surface area (Å²) in [5.74, 6) is -0.199. The molecule has 0 saturated carbocycles. The fourth-order valence-corrected chi connectivity index (χ4v) is 2.61. The van der Waals surface area contributed by atoms with Crippen LogP contribution in [-0.4, -0.2) is 17.6 Å². The minimum atomic E-state index is -0.199. The Bertz CT molecular complexity index is 392. The first-order chi connectivity index (χ1) is 6.56. The maximum Gasteiger partial charge on any atom is 0.307 e. The van der Waals surface area contributed by atoms with Crippen molar-refractivity contribution >= 4 is 29.5 Å². The van der Waals surface area contributed by atoms with E-state index >= 15 is 0 Å². The second-order valence-corrected chi connectivity index (χ2v) is 4.84. The lowest BCUT2D eigenvalue weighted by molar-refractivity contribution is -0.140. The van der Waals surface area contributed by atoms with Gasteiger partial charge in [-0.15, -0.1) is 11.3 Å². The van der Waals surface area contributed by atoms with Crippen molar-refractivity contribution in [2.24, 2.45) is 0 Å². The van der Waals surface area contributed by atoms with E-state index in [4.69, 9.17) is 12.2 Å². The molecule has 3 nitrogen and oxygen atoms in total. The third-order valence-corrected chi connectivity index (χ3v) is 3.61. The van der Waals surface area contributed by atoms with Crippen molar-refractivity contribution in [3.63, 3.8) is 0 Å². The van der Waals surface area contributed by atoms with Gasteiger partial charge in [0.05, 0.1) is 13.5 Å². The van der Waals surface area contributed by atoms with Gasteiger partial charge in [0.25, 0.3) is 0 Å². The zero-order valence-electron chi connectivity index (χ0n) is 8.49. The summed E-state index contributed by atoms with van der Waals surface area (Å²) in [7, 11) is 1.40. The normalized spacial score (nSPS) is 10.2. The number of hydrogen-bond donors (Lipinski definition) is 0. The number of hydrogen-bond acceptors (Lipinski definition) is 4. The quantitative estimate of drug-likeness (QED) is 0.591. The summed E-state index contributed by atoms with van der Waals surface area (Å²) < 4.78 is 7.38. The molecular weight excluding hydrogens is 218 g/mol. The van der Waals surface area contributed by atoms with Crippen molar-refractivity contribution in [3.8, 4) is 0 Å². The van der Waals surface area contributed by atoms with Gasteiger partial charge in [-0.1, -0.05) is 0 Å². The number of ether oxygens (including phenoxy) is 1. The lowest BCUT2D eigenvalue weighted by atomic mass is 10.3. The molecule has 0 amide bonds. The Hall–Kier alpha value is -0.680. The topological polar surface area (TPSA) is 31.2 Å². The minimum Gasteiger partial charge on any atom is -0.469 e. The molecule has 0 aliphatic rings. The summed E-state index contributed by atoms with van der Waals surface area (Å²) in [5, 5.41) is 0. The van der Waals surface area contributed by atoms with Gasteiger partial charge >= 0.3 is 5.97 Å². The Morgan fingerprint density at radius 3 is 2.64 bits per heavy atom. The number of nitrogens with zero attached hydrogens (tertiary/aromatic N) is 1. The molecular formula is C9H13NO2S2. The molecule has 1 aromatic rings. The van der Waals surface area contributed by atoms with Crippen molar-refractivity contribution in [1.82, 2.24) is 4.57 Å². The first kappa shape index (κ1) is 11.4. The number of esters is 1. The molecule has 0 atom stereocenters. The highest BCUT2D eigenvalue weighted by molar-refractivity contribution is 7.73. The van der Waals surface area contributed by atoms with Crippen LogP contribution >= 0.6 is 23.6 Å². The van der Waals surface area contributed by atoms with Crippen molar-refractivity contribution in [2.45, 2.75) is 26.8 Å². The number of aryl methyl sites for hydroxylation is 1. The fourth-order valence-electron chi connectivity index (χ4n) is 1.15. The van der Waals surface area contributed by atoms with Crippen LogP contribution in [-0.2, 0) is 16.1 Å². The molecule has 5 heteroatoms. The van der Waals surface area contributed by atoms with Gasteiger partial charge in [-0.2, -0.15) is 0 Å². The van der Waals surface area contributed by atoms with E-state index < -0.39 is 0 Å². The number of aromatic nitrogens is 1. The van der Waals surface area contributed by atoms with Gasteiger partial charge in [-0.05, 0) is 26.1 Å². The summed E-state index contributed by atoms with van der Waals surface area (Å²) in [6.45, 7) is 4.66. The molecule has 1 aromatic heterocycles. The van der Waals surface area contributed by atoms with Crippen LogP contribution in [0.3, 0.4) is 0 Å². The first-order valence-electron chi connectivity index (χ1n) is 4.30. The third kappa shape index (κ3) is 2.42. The Labute approximate surface area is 92.3 Å². The van der Waals surface area contributed by atoms with Crippen LogP contribution in [0.15, 0.2) is 0 Å². The summed E-state index contributed by atoms with van der Waals surface area (Å²) >= 11 is 6.76. The molecule has 0 bridgehead atoms. The fraction of sp³-hybridized carbons (Fsp3) is 0.556. The van der Waals surface area contributed by atoms with Gasteiger partial charge in [-0.25, -0.2) is 0 Å². The molecule has 0 unspecified atom stereocenters. The van der Waals surface area contributed by atoms with Gasteiger partial charge in [0.2, 0.25) is 0 Å². The van der Waals surface area contributed by atoms with Gasteiger partial charge in [0.15, 0.2) is 3.95 Å². The van der Waals surface area contributed by atoms with E-state index in [-0.39, 0.29) is 5.97 Å². The van der Waals surface area contributed by atoms with Crippen LogP contribution in [0.25, 0.3) is 0 Å². The molecule has 0 fully saturated rings. The maximum atomic E-state index is 10.9. The van der Waals surface area contributed by atoms with Gasteiger partial charge in [0.1, 0.15) is 0 Å². The number of rotatable bonds is 3. The molecule has 0 spiro atoms. The second kappa shape index (κ2) is 4.70. The Balaban J connectivity index is 2.77. The van der Waals surface area contributed by atoms with E-state index in [2.05, 4.69) is 4.74 Å². The standard InChI is InChI=1S/C9H13NO2S2/c1-6-7(2)14-9(13)10(6)5-4-8(11)12-3/h4-5H2,1-3H3. The highest BCUT2D eigenvalue weighted by Crippen LogP contribution is 2.17. The number of carbonyl (C=O) groups is 1. The number of carbonyl (C=O) groups excluding carboxylic acids is 1. The largest absolute Gasteiger partial charge is 0.469 e. The van der Waals surface area contributed by atoms with Gasteiger partial charge in [-0.3, -0.25) is 4.79 Å². The van der Waals surface area contributed by atoms with E-state index in [1.54, 1.807) is 11.3 Å². The average Bonchev–Trinajstić information content (AvgIpc) is 2.39. The van der Waals surface area contributed by atoms with E-state index in [9.17, 15) is 4.79 Å². The maximum absolute atomic E-state index is 10.9.